The zero-order valence-corrected chi connectivity index (χ0v) is 18.0. The minimum atomic E-state index is -4.60. The molecule has 2 aromatic rings. The fraction of sp³-hybridized carbons (Fsp3) is 0.250. The van der Waals surface area contributed by atoms with Crippen LogP contribution in [0.25, 0.3) is 0 Å². The van der Waals surface area contributed by atoms with Crippen LogP contribution in [0.1, 0.15) is 47.8 Å². The summed E-state index contributed by atoms with van der Waals surface area (Å²) in [7, 11) is 0. The fourth-order valence-corrected chi connectivity index (χ4v) is 3.06. The van der Waals surface area contributed by atoms with Gasteiger partial charge in [0.15, 0.2) is 0 Å². The van der Waals surface area contributed by atoms with Crippen molar-refractivity contribution in [1.29, 1.82) is 0 Å². The standard InChI is InChI=1S/C24H23F5N2O2/c1-3-5-17(12-15(2)25)22(18-6-4-7-19(13-18)24(27,28)29)31-21(32)14-30-23(33)16-8-10-20(26)11-9-16/h4-13,22H,3,14H2,1-2H3,(H,30,33)(H,31,32)/b15-12+,17-5+. The van der Waals surface area contributed by atoms with Gasteiger partial charge in [0, 0.05) is 5.56 Å². The Hall–Kier alpha value is -3.49. The number of hydrogen-bond acceptors (Lipinski definition) is 2. The van der Waals surface area contributed by atoms with Crippen LogP contribution in [0.15, 0.2) is 72.1 Å². The second-order valence-electron chi connectivity index (χ2n) is 7.16. The molecule has 0 fully saturated rings. The van der Waals surface area contributed by atoms with Gasteiger partial charge in [0.1, 0.15) is 5.82 Å². The quantitative estimate of drug-likeness (QED) is 0.391. The summed E-state index contributed by atoms with van der Waals surface area (Å²) >= 11 is 0. The van der Waals surface area contributed by atoms with Crippen molar-refractivity contribution in [3.63, 3.8) is 0 Å². The van der Waals surface area contributed by atoms with Gasteiger partial charge in [-0.05, 0) is 67.0 Å². The predicted molar refractivity (Wildman–Crippen MR) is 114 cm³/mol. The lowest BCUT2D eigenvalue weighted by molar-refractivity contribution is -0.137. The highest BCUT2D eigenvalue weighted by molar-refractivity contribution is 5.96. The number of halogens is 5. The van der Waals surface area contributed by atoms with Crippen LogP contribution in [-0.2, 0) is 11.0 Å². The van der Waals surface area contributed by atoms with Crippen LogP contribution in [-0.4, -0.2) is 18.4 Å². The first-order valence-electron chi connectivity index (χ1n) is 10.1. The van der Waals surface area contributed by atoms with Gasteiger partial charge < -0.3 is 10.6 Å². The van der Waals surface area contributed by atoms with Crippen molar-refractivity contribution in [2.75, 3.05) is 6.54 Å². The third-order valence-electron chi connectivity index (χ3n) is 4.51. The van der Waals surface area contributed by atoms with E-state index in [9.17, 15) is 31.5 Å². The smallest absolute Gasteiger partial charge is 0.344 e. The Morgan fingerprint density at radius 2 is 1.76 bits per heavy atom. The van der Waals surface area contributed by atoms with E-state index < -0.39 is 47.8 Å². The molecule has 33 heavy (non-hydrogen) atoms. The van der Waals surface area contributed by atoms with Gasteiger partial charge in [-0.1, -0.05) is 25.1 Å². The molecule has 2 rings (SSSR count). The molecule has 0 heterocycles. The second-order valence-corrected chi connectivity index (χ2v) is 7.16. The molecule has 0 aliphatic carbocycles. The average molecular weight is 466 g/mol. The van der Waals surface area contributed by atoms with Gasteiger partial charge in [0.2, 0.25) is 5.91 Å². The molecule has 176 valence electrons. The molecule has 2 amide bonds. The van der Waals surface area contributed by atoms with Crippen molar-refractivity contribution in [3.8, 4) is 0 Å². The first-order chi connectivity index (χ1) is 15.5. The molecule has 2 N–H and O–H groups in total. The van der Waals surface area contributed by atoms with Crippen molar-refractivity contribution < 1.29 is 31.5 Å². The summed E-state index contributed by atoms with van der Waals surface area (Å²) in [4.78, 5) is 24.7. The number of rotatable bonds is 8. The molecule has 0 aromatic heterocycles. The van der Waals surface area contributed by atoms with Crippen molar-refractivity contribution >= 4 is 11.8 Å². The molecule has 1 unspecified atom stereocenters. The van der Waals surface area contributed by atoms with E-state index in [-0.39, 0.29) is 16.7 Å². The van der Waals surface area contributed by atoms with E-state index in [2.05, 4.69) is 10.6 Å². The molecule has 0 radical (unpaired) electrons. The zero-order chi connectivity index (χ0) is 24.6. The number of alkyl halides is 3. The summed E-state index contributed by atoms with van der Waals surface area (Å²) in [6, 6.07) is 7.94. The van der Waals surface area contributed by atoms with Crippen molar-refractivity contribution in [1.82, 2.24) is 10.6 Å². The van der Waals surface area contributed by atoms with Gasteiger partial charge in [-0.15, -0.1) is 0 Å². The molecular formula is C24H23F5N2O2. The number of nitrogens with one attached hydrogen (secondary N) is 2. The molecule has 0 aliphatic rings. The lowest BCUT2D eigenvalue weighted by Crippen LogP contribution is -2.39. The maximum Gasteiger partial charge on any atom is 0.416 e. The molecule has 0 aliphatic heterocycles. The number of amides is 2. The third-order valence-corrected chi connectivity index (χ3v) is 4.51. The Morgan fingerprint density at radius 1 is 1.09 bits per heavy atom. The van der Waals surface area contributed by atoms with Crippen molar-refractivity contribution in [2.24, 2.45) is 0 Å². The Morgan fingerprint density at radius 3 is 2.33 bits per heavy atom. The zero-order valence-electron chi connectivity index (χ0n) is 18.0. The van der Waals surface area contributed by atoms with Gasteiger partial charge in [0.05, 0.1) is 24.0 Å². The number of allylic oxidation sites excluding steroid dienone is 2. The normalized spacial score (nSPS) is 13.4. The molecule has 0 saturated heterocycles. The molecule has 1 atom stereocenters. The molecule has 9 heteroatoms. The first kappa shape index (κ1) is 25.8. The Labute approximate surface area is 188 Å². The van der Waals surface area contributed by atoms with Gasteiger partial charge in [-0.2, -0.15) is 13.2 Å². The maximum atomic E-state index is 13.7. The van der Waals surface area contributed by atoms with E-state index in [1.165, 1.54) is 31.2 Å². The van der Waals surface area contributed by atoms with Crippen LogP contribution < -0.4 is 10.6 Å². The van der Waals surface area contributed by atoms with E-state index in [4.69, 9.17) is 0 Å². The molecule has 0 saturated carbocycles. The van der Waals surface area contributed by atoms with Crippen LogP contribution in [0.2, 0.25) is 0 Å². The highest BCUT2D eigenvalue weighted by Gasteiger charge is 2.31. The second kappa shape index (κ2) is 11.4. The fourth-order valence-electron chi connectivity index (χ4n) is 3.06. The number of benzene rings is 2. The Kier molecular flexibility index (Phi) is 8.90. The lowest BCUT2D eigenvalue weighted by Gasteiger charge is -2.22. The average Bonchev–Trinajstić information content (AvgIpc) is 2.75. The Bertz CT molecular complexity index is 1040. The van der Waals surface area contributed by atoms with E-state index in [0.717, 1.165) is 30.3 Å². The van der Waals surface area contributed by atoms with Gasteiger partial charge >= 0.3 is 6.18 Å². The highest BCUT2D eigenvalue weighted by atomic mass is 19.4. The molecule has 0 bridgehead atoms. The van der Waals surface area contributed by atoms with Crippen LogP contribution in [0.3, 0.4) is 0 Å². The first-order valence-corrected chi connectivity index (χ1v) is 10.1. The minimum Gasteiger partial charge on any atom is -0.344 e. The van der Waals surface area contributed by atoms with E-state index >= 15 is 0 Å². The SMILES string of the molecule is CC/C=C(\C=C(/C)F)C(NC(=O)CNC(=O)c1ccc(F)cc1)c1cccc(C(F)(F)F)c1. The summed E-state index contributed by atoms with van der Waals surface area (Å²) in [5, 5.41) is 4.92. The molecule has 2 aromatic carbocycles. The summed E-state index contributed by atoms with van der Waals surface area (Å²) in [5.41, 5.74) is -0.433. The van der Waals surface area contributed by atoms with Gasteiger partial charge in [-0.25, -0.2) is 8.78 Å². The minimum absolute atomic E-state index is 0.0974. The lowest BCUT2D eigenvalue weighted by atomic mass is 9.95. The van der Waals surface area contributed by atoms with Crippen LogP contribution in [0, 0.1) is 5.82 Å². The van der Waals surface area contributed by atoms with Crippen LogP contribution in [0.4, 0.5) is 22.0 Å². The van der Waals surface area contributed by atoms with Crippen LogP contribution in [0.5, 0.6) is 0 Å². The van der Waals surface area contributed by atoms with E-state index in [1.807, 2.05) is 0 Å². The van der Waals surface area contributed by atoms with Crippen molar-refractivity contribution in [3.05, 3.63) is 94.6 Å². The molecule has 0 spiro atoms. The predicted octanol–water partition coefficient (Wildman–Crippen LogP) is 5.64. The monoisotopic (exact) mass is 466 g/mol. The summed E-state index contributed by atoms with van der Waals surface area (Å²) < 4.78 is 66.3. The van der Waals surface area contributed by atoms with Crippen LogP contribution >= 0.6 is 0 Å². The molecule has 4 nitrogen and oxygen atoms in total. The third kappa shape index (κ3) is 7.85. The van der Waals surface area contributed by atoms with Gasteiger partial charge in [0.25, 0.3) is 5.91 Å². The van der Waals surface area contributed by atoms with Crippen molar-refractivity contribution in [2.45, 2.75) is 32.5 Å². The number of hydrogen-bond donors (Lipinski definition) is 2. The van der Waals surface area contributed by atoms with Gasteiger partial charge in [-0.3, -0.25) is 9.59 Å². The Balaban J connectivity index is 2.27. The summed E-state index contributed by atoms with van der Waals surface area (Å²) in [6.07, 6.45) is -1.45. The molecular weight excluding hydrogens is 443 g/mol. The summed E-state index contributed by atoms with van der Waals surface area (Å²) in [6.45, 7) is 2.44. The number of carbonyl (C=O) groups excluding carboxylic acids is 2. The van der Waals surface area contributed by atoms with E-state index in [0.29, 0.717) is 6.42 Å². The highest BCUT2D eigenvalue weighted by Crippen LogP contribution is 2.33. The largest absolute Gasteiger partial charge is 0.416 e. The topological polar surface area (TPSA) is 58.2 Å². The van der Waals surface area contributed by atoms with E-state index in [1.54, 1.807) is 13.0 Å². The maximum absolute atomic E-state index is 13.7. The number of carbonyl (C=O) groups is 2. The summed E-state index contributed by atoms with van der Waals surface area (Å²) in [5.74, 6) is -2.46.